The SMILES string of the molecule is NN(c1ccccc1)c1c[nH]nn1. The van der Waals surface area contributed by atoms with Gasteiger partial charge in [0.1, 0.15) is 0 Å². The molecule has 5 nitrogen and oxygen atoms in total. The van der Waals surface area contributed by atoms with Gasteiger partial charge in [0.2, 0.25) is 0 Å². The van der Waals surface area contributed by atoms with Gasteiger partial charge in [-0.15, -0.1) is 5.10 Å². The molecule has 1 aromatic carbocycles. The highest BCUT2D eigenvalue weighted by molar-refractivity contribution is 5.56. The van der Waals surface area contributed by atoms with E-state index < -0.39 is 0 Å². The van der Waals surface area contributed by atoms with Crippen LogP contribution in [0.5, 0.6) is 0 Å². The molecule has 0 radical (unpaired) electrons. The first-order chi connectivity index (χ1) is 6.38. The molecule has 2 aromatic rings. The smallest absolute Gasteiger partial charge is 0.189 e. The van der Waals surface area contributed by atoms with Crippen molar-refractivity contribution in [2.45, 2.75) is 0 Å². The Morgan fingerprint density at radius 2 is 2.00 bits per heavy atom. The zero-order valence-electron chi connectivity index (χ0n) is 6.88. The number of aromatic amines is 1. The average Bonchev–Trinajstić information content (AvgIpc) is 2.71. The van der Waals surface area contributed by atoms with Crippen LogP contribution in [-0.2, 0) is 0 Å². The molecule has 0 saturated carbocycles. The first kappa shape index (κ1) is 7.75. The number of H-pyrrole nitrogens is 1. The number of hydrogen-bond acceptors (Lipinski definition) is 4. The van der Waals surface area contributed by atoms with Crippen molar-refractivity contribution in [1.29, 1.82) is 0 Å². The Balaban J connectivity index is 2.29. The number of nitrogens with two attached hydrogens (primary N) is 1. The summed E-state index contributed by atoms with van der Waals surface area (Å²) < 4.78 is 0. The fourth-order valence-corrected chi connectivity index (χ4v) is 1.03. The van der Waals surface area contributed by atoms with Crippen molar-refractivity contribution in [2.75, 3.05) is 5.01 Å². The third-order valence-corrected chi connectivity index (χ3v) is 1.69. The van der Waals surface area contributed by atoms with Gasteiger partial charge in [-0.3, -0.25) is 10.1 Å². The van der Waals surface area contributed by atoms with E-state index in [1.165, 1.54) is 5.01 Å². The predicted octanol–water partition coefficient (Wildman–Crippen LogP) is 0.817. The highest BCUT2D eigenvalue weighted by atomic mass is 15.5. The molecule has 0 aliphatic heterocycles. The normalized spacial score (nSPS) is 9.92. The second kappa shape index (κ2) is 3.24. The Labute approximate surface area is 75.1 Å². The van der Waals surface area contributed by atoms with E-state index in [9.17, 15) is 0 Å². The van der Waals surface area contributed by atoms with Crippen molar-refractivity contribution in [3.8, 4) is 0 Å². The van der Waals surface area contributed by atoms with E-state index in [0.29, 0.717) is 5.82 Å². The van der Waals surface area contributed by atoms with Crippen LogP contribution in [0, 0.1) is 0 Å². The second-order valence-corrected chi connectivity index (χ2v) is 2.54. The van der Waals surface area contributed by atoms with E-state index in [1.54, 1.807) is 6.20 Å². The summed E-state index contributed by atoms with van der Waals surface area (Å²) in [5.41, 5.74) is 0.872. The van der Waals surface area contributed by atoms with Crippen molar-refractivity contribution in [2.24, 2.45) is 5.84 Å². The molecule has 0 unspecified atom stereocenters. The van der Waals surface area contributed by atoms with Gasteiger partial charge in [-0.25, -0.2) is 5.84 Å². The van der Waals surface area contributed by atoms with Gasteiger partial charge in [0, 0.05) is 0 Å². The maximum atomic E-state index is 5.77. The van der Waals surface area contributed by atoms with Crippen LogP contribution < -0.4 is 10.9 Å². The molecule has 5 heteroatoms. The van der Waals surface area contributed by atoms with E-state index in [2.05, 4.69) is 15.4 Å². The number of para-hydroxylation sites is 1. The molecule has 0 spiro atoms. The van der Waals surface area contributed by atoms with E-state index in [4.69, 9.17) is 5.84 Å². The molecule has 1 aromatic heterocycles. The average molecular weight is 175 g/mol. The van der Waals surface area contributed by atoms with Gasteiger partial charge in [0.05, 0.1) is 11.9 Å². The summed E-state index contributed by atoms with van der Waals surface area (Å²) >= 11 is 0. The van der Waals surface area contributed by atoms with Crippen LogP contribution >= 0.6 is 0 Å². The summed E-state index contributed by atoms with van der Waals surface area (Å²) in [7, 11) is 0. The van der Waals surface area contributed by atoms with Gasteiger partial charge < -0.3 is 0 Å². The fraction of sp³-hybridized carbons (Fsp3) is 0. The number of benzene rings is 1. The molecule has 0 bridgehead atoms. The van der Waals surface area contributed by atoms with Crippen LogP contribution in [0.1, 0.15) is 0 Å². The maximum absolute atomic E-state index is 5.77. The van der Waals surface area contributed by atoms with Crippen molar-refractivity contribution in [3.63, 3.8) is 0 Å². The molecule has 0 saturated heterocycles. The Kier molecular flexibility index (Phi) is 1.93. The molecule has 0 fully saturated rings. The van der Waals surface area contributed by atoms with E-state index in [-0.39, 0.29) is 0 Å². The minimum atomic E-state index is 0.589. The predicted molar refractivity (Wildman–Crippen MR) is 49.2 cm³/mol. The molecular formula is C8H9N5. The molecule has 0 aliphatic rings. The van der Waals surface area contributed by atoms with Crippen molar-refractivity contribution in [3.05, 3.63) is 36.5 Å². The van der Waals surface area contributed by atoms with Crippen LogP contribution in [0.3, 0.4) is 0 Å². The molecule has 0 atom stereocenters. The number of nitrogens with zero attached hydrogens (tertiary/aromatic N) is 3. The Morgan fingerprint density at radius 3 is 2.62 bits per heavy atom. The number of nitrogens with one attached hydrogen (secondary N) is 1. The highest BCUT2D eigenvalue weighted by Gasteiger charge is 2.05. The maximum Gasteiger partial charge on any atom is 0.189 e. The lowest BCUT2D eigenvalue weighted by Gasteiger charge is -2.13. The van der Waals surface area contributed by atoms with Gasteiger partial charge in [-0.05, 0) is 12.1 Å². The molecule has 1 heterocycles. The number of hydrogen-bond donors (Lipinski definition) is 2. The number of aromatic nitrogens is 3. The van der Waals surface area contributed by atoms with Crippen LogP contribution in [0.25, 0.3) is 0 Å². The van der Waals surface area contributed by atoms with E-state index in [1.807, 2.05) is 30.3 Å². The largest absolute Gasteiger partial charge is 0.263 e. The molecular weight excluding hydrogens is 166 g/mol. The minimum Gasteiger partial charge on any atom is -0.263 e. The monoisotopic (exact) mass is 175 g/mol. The zero-order valence-corrected chi connectivity index (χ0v) is 6.88. The van der Waals surface area contributed by atoms with Crippen LogP contribution in [0.15, 0.2) is 36.5 Å². The molecule has 3 N–H and O–H groups in total. The lowest BCUT2D eigenvalue weighted by Crippen LogP contribution is -2.25. The first-order valence-electron chi connectivity index (χ1n) is 3.84. The van der Waals surface area contributed by atoms with Crippen molar-refractivity contribution < 1.29 is 0 Å². The van der Waals surface area contributed by atoms with Gasteiger partial charge >= 0.3 is 0 Å². The molecule has 0 aliphatic carbocycles. The highest BCUT2D eigenvalue weighted by Crippen LogP contribution is 2.16. The van der Waals surface area contributed by atoms with Crippen LogP contribution in [0.4, 0.5) is 11.5 Å². The summed E-state index contributed by atoms with van der Waals surface area (Å²) in [6, 6.07) is 9.55. The number of hydrazine groups is 1. The van der Waals surface area contributed by atoms with Crippen LogP contribution in [0.2, 0.25) is 0 Å². The van der Waals surface area contributed by atoms with Gasteiger partial charge in [-0.1, -0.05) is 23.4 Å². The quantitative estimate of drug-likeness (QED) is 0.523. The standard InChI is InChI=1S/C8H9N5/c9-13(8-6-10-12-11-8)7-4-2-1-3-5-7/h1-6H,9H2,(H,10,11,12). The first-order valence-corrected chi connectivity index (χ1v) is 3.84. The topological polar surface area (TPSA) is 70.8 Å². The minimum absolute atomic E-state index is 0.589. The van der Waals surface area contributed by atoms with Crippen molar-refractivity contribution in [1.82, 2.24) is 15.4 Å². The van der Waals surface area contributed by atoms with Crippen molar-refractivity contribution >= 4 is 11.5 Å². The van der Waals surface area contributed by atoms with E-state index in [0.717, 1.165) is 5.69 Å². The molecule has 66 valence electrons. The fourth-order valence-electron chi connectivity index (χ4n) is 1.03. The lowest BCUT2D eigenvalue weighted by atomic mass is 10.3. The molecule has 2 rings (SSSR count). The summed E-state index contributed by atoms with van der Waals surface area (Å²) in [5, 5.41) is 11.4. The Hall–Kier alpha value is -1.88. The van der Waals surface area contributed by atoms with E-state index >= 15 is 0 Å². The van der Waals surface area contributed by atoms with Gasteiger partial charge in [0.25, 0.3) is 0 Å². The summed E-state index contributed by atoms with van der Waals surface area (Å²) in [5.74, 6) is 6.36. The molecule has 13 heavy (non-hydrogen) atoms. The second-order valence-electron chi connectivity index (χ2n) is 2.54. The lowest BCUT2D eigenvalue weighted by molar-refractivity contribution is 0.923. The number of anilines is 2. The summed E-state index contributed by atoms with van der Waals surface area (Å²) in [6.45, 7) is 0. The molecule has 0 amide bonds. The van der Waals surface area contributed by atoms with Gasteiger partial charge in [0.15, 0.2) is 5.82 Å². The summed E-state index contributed by atoms with van der Waals surface area (Å²) in [4.78, 5) is 0. The third-order valence-electron chi connectivity index (χ3n) is 1.69. The Bertz CT molecular complexity index is 355. The van der Waals surface area contributed by atoms with Crippen LogP contribution in [-0.4, -0.2) is 15.4 Å². The summed E-state index contributed by atoms with van der Waals surface area (Å²) in [6.07, 6.45) is 1.63. The van der Waals surface area contributed by atoms with Gasteiger partial charge in [-0.2, -0.15) is 0 Å². The Morgan fingerprint density at radius 1 is 1.23 bits per heavy atom. The zero-order chi connectivity index (χ0) is 9.10. The number of rotatable bonds is 2. The third kappa shape index (κ3) is 1.50.